The highest BCUT2D eigenvalue weighted by Crippen LogP contribution is 1.95. The van der Waals surface area contributed by atoms with Gasteiger partial charge in [0.25, 0.3) is 6.47 Å². The molecule has 0 aliphatic heterocycles. The largest absolute Gasteiger partial charge is 0.483 e. The Morgan fingerprint density at radius 2 is 1.92 bits per heavy atom. The molecule has 0 atom stereocenters. The number of rotatable bonds is 2. The Balaban J connectivity index is 0.000000354. The number of nitrogens with two attached hydrogens (primary N) is 1. The first-order valence-corrected chi connectivity index (χ1v) is 3.40. The van der Waals surface area contributed by atoms with Crippen molar-refractivity contribution >= 4 is 6.47 Å². The summed E-state index contributed by atoms with van der Waals surface area (Å²) in [5.74, 6) is 5.11. The van der Waals surface area contributed by atoms with E-state index in [1.165, 1.54) is 5.56 Å². The van der Waals surface area contributed by atoms with Crippen molar-refractivity contribution in [3.8, 4) is 0 Å². The molecule has 0 fully saturated rings. The summed E-state index contributed by atoms with van der Waals surface area (Å²) in [6.45, 7) is 0.487. The van der Waals surface area contributed by atoms with Crippen molar-refractivity contribution < 1.29 is 9.90 Å². The van der Waals surface area contributed by atoms with Crippen LogP contribution in [0.2, 0.25) is 0 Å². The number of hydrogen-bond acceptors (Lipinski definition) is 3. The van der Waals surface area contributed by atoms with Crippen LogP contribution in [-0.2, 0) is 11.3 Å². The van der Waals surface area contributed by atoms with E-state index in [0.717, 1.165) is 6.54 Å². The van der Waals surface area contributed by atoms with Gasteiger partial charge in [0.2, 0.25) is 0 Å². The van der Waals surface area contributed by atoms with Crippen LogP contribution in [-0.4, -0.2) is 11.6 Å². The lowest BCUT2D eigenvalue weighted by atomic mass is 10.2. The third-order valence-corrected chi connectivity index (χ3v) is 1.15. The lowest BCUT2D eigenvalue weighted by Crippen LogP contribution is -2.20. The zero-order valence-corrected chi connectivity index (χ0v) is 6.60. The zero-order chi connectivity index (χ0) is 9.23. The summed E-state index contributed by atoms with van der Waals surface area (Å²) in [7, 11) is 0. The fourth-order valence-electron chi connectivity index (χ4n) is 0.714. The maximum atomic E-state index is 8.36. The van der Waals surface area contributed by atoms with Gasteiger partial charge in [-0.3, -0.25) is 16.1 Å². The SMILES string of the molecule is NNCc1ccccc1.O=CO. The van der Waals surface area contributed by atoms with E-state index in [4.69, 9.17) is 15.7 Å². The van der Waals surface area contributed by atoms with Crippen molar-refractivity contribution in [2.45, 2.75) is 6.54 Å². The Bertz CT molecular complexity index is 201. The molecule has 0 unspecified atom stereocenters. The van der Waals surface area contributed by atoms with Crippen LogP contribution in [0.5, 0.6) is 0 Å². The van der Waals surface area contributed by atoms with Gasteiger partial charge in [-0.15, -0.1) is 0 Å². The molecule has 0 saturated heterocycles. The Morgan fingerprint density at radius 3 is 2.33 bits per heavy atom. The zero-order valence-electron chi connectivity index (χ0n) is 6.60. The highest BCUT2D eigenvalue weighted by molar-refractivity contribution is 5.32. The summed E-state index contributed by atoms with van der Waals surface area (Å²) in [5, 5.41) is 6.89. The van der Waals surface area contributed by atoms with Gasteiger partial charge in [-0.25, -0.2) is 0 Å². The first-order chi connectivity index (χ1) is 5.85. The molecule has 1 rings (SSSR count). The van der Waals surface area contributed by atoms with E-state index < -0.39 is 0 Å². The maximum Gasteiger partial charge on any atom is 0.290 e. The number of carbonyl (C=O) groups is 1. The quantitative estimate of drug-likeness (QED) is 0.338. The molecule has 0 amide bonds. The molecule has 12 heavy (non-hydrogen) atoms. The van der Waals surface area contributed by atoms with Crippen LogP contribution in [0.1, 0.15) is 5.56 Å². The predicted octanol–water partition coefficient (Wildman–Crippen LogP) is 0.351. The van der Waals surface area contributed by atoms with Gasteiger partial charge in [0.1, 0.15) is 0 Å². The van der Waals surface area contributed by atoms with Crippen molar-refractivity contribution in [2.75, 3.05) is 0 Å². The standard InChI is InChI=1S/C7H10N2.CH2O2/c8-9-6-7-4-2-1-3-5-7;2-1-3/h1-5,9H,6,8H2;1H,(H,2,3). The van der Waals surface area contributed by atoms with Crippen LogP contribution >= 0.6 is 0 Å². The highest BCUT2D eigenvalue weighted by atomic mass is 16.3. The van der Waals surface area contributed by atoms with E-state index in [2.05, 4.69) is 5.43 Å². The van der Waals surface area contributed by atoms with Gasteiger partial charge in [-0.2, -0.15) is 0 Å². The lowest BCUT2D eigenvalue weighted by molar-refractivity contribution is -0.122. The molecule has 4 N–H and O–H groups in total. The summed E-state index contributed by atoms with van der Waals surface area (Å²) in [4.78, 5) is 8.36. The molecule has 0 heterocycles. The minimum atomic E-state index is -0.250. The average Bonchev–Trinajstić information content (AvgIpc) is 2.08. The minimum absolute atomic E-state index is 0.250. The monoisotopic (exact) mass is 168 g/mol. The molecule has 0 spiro atoms. The van der Waals surface area contributed by atoms with Gasteiger partial charge in [0.05, 0.1) is 0 Å². The molecule has 4 heteroatoms. The second kappa shape index (κ2) is 7.71. The van der Waals surface area contributed by atoms with Crippen LogP contribution in [0.4, 0.5) is 0 Å². The molecule has 1 aromatic rings. The third kappa shape index (κ3) is 5.40. The van der Waals surface area contributed by atoms with Crippen molar-refractivity contribution in [3.63, 3.8) is 0 Å². The molecule has 0 aromatic heterocycles. The molecule has 0 aliphatic rings. The van der Waals surface area contributed by atoms with Gasteiger partial charge in [0, 0.05) is 6.54 Å². The molecular formula is C8H12N2O2. The number of benzene rings is 1. The number of hydrogen-bond donors (Lipinski definition) is 3. The number of nitrogens with one attached hydrogen (secondary N) is 1. The van der Waals surface area contributed by atoms with Crippen molar-refractivity contribution in [2.24, 2.45) is 5.84 Å². The fraction of sp³-hybridized carbons (Fsp3) is 0.125. The van der Waals surface area contributed by atoms with Crippen molar-refractivity contribution in [1.82, 2.24) is 5.43 Å². The van der Waals surface area contributed by atoms with E-state index in [9.17, 15) is 0 Å². The van der Waals surface area contributed by atoms with Crippen LogP contribution in [0.25, 0.3) is 0 Å². The summed E-state index contributed by atoms with van der Waals surface area (Å²) in [6.07, 6.45) is 0. The highest BCUT2D eigenvalue weighted by Gasteiger charge is 1.83. The Hall–Kier alpha value is -1.39. The minimum Gasteiger partial charge on any atom is -0.483 e. The van der Waals surface area contributed by atoms with E-state index in [-0.39, 0.29) is 6.47 Å². The van der Waals surface area contributed by atoms with Gasteiger partial charge in [0.15, 0.2) is 0 Å². The molecule has 0 radical (unpaired) electrons. The molecule has 66 valence electrons. The van der Waals surface area contributed by atoms with Crippen LogP contribution in [0, 0.1) is 0 Å². The Morgan fingerprint density at radius 1 is 1.42 bits per heavy atom. The van der Waals surface area contributed by atoms with Gasteiger partial charge >= 0.3 is 0 Å². The number of hydrazine groups is 1. The molecule has 4 nitrogen and oxygen atoms in total. The Labute approximate surface area is 71.0 Å². The average molecular weight is 168 g/mol. The first-order valence-electron chi connectivity index (χ1n) is 3.40. The second-order valence-electron chi connectivity index (χ2n) is 1.97. The van der Waals surface area contributed by atoms with E-state index in [1.807, 2.05) is 30.3 Å². The topological polar surface area (TPSA) is 75.3 Å². The predicted molar refractivity (Wildman–Crippen MR) is 46.2 cm³/mol. The molecular weight excluding hydrogens is 156 g/mol. The van der Waals surface area contributed by atoms with Crippen LogP contribution in [0.15, 0.2) is 30.3 Å². The Kier molecular flexibility index (Phi) is 6.82. The number of carboxylic acid groups (broad SMARTS) is 1. The van der Waals surface area contributed by atoms with Gasteiger partial charge in [-0.05, 0) is 5.56 Å². The summed E-state index contributed by atoms with van der Waals surface area (Å²) in [5.41, 5.74) is 3.79. The fourth-order valence-corrected chi connectivity index (χ4v) is 0.714. The van der Waals surface area contributed by atoms with E-state index >= 15 is 0 Å². The van der Waals surface area contributed by atoms with E-state index in [0.29, 0.717) is 0 Å². The first kappa shape index (κ1) is 10.6. The van der Waals surface area contributed by atoms with Gasteiger partial charge < -0.3 is 5.11 Å². The summed E-state index contributed by atoms with van der Waals surface area (Å²) < 4.78 is 0. The normalized spacial score (nSPS) is 8.08. The van der Waals surface area contributed by atoms with Crippen LogP contribution < -0.4 is 11.3 Å². The lowest BCUT2D eigenvalue weighted by Gasteiger charge is -1.95. The smallest absolute Gasteiger partial charge is 0.290 e. The van der Waals surface area contributed by atoms with Crippen LogP contribution in [0.3, 0.4) is 0 Å². The van der Waals surface area contributed by atoms with Gasteiger partial charge in [-0.1, -0.05) is 30.3 Å². The maximum absolute atomic E-state index is 8.36. The molecule has 0 aliphatic carbocycles. The summed E-state index contributed by atoms with van der Waals surface area (Å²) >= 11 is 0. The summed E-state index contributed by atoms with van der Waals surface area (Å²) in [6, 6.07) is 10.0. The molecule has 0 bridgehead atoms. The van der Waals surface area contributed by atoms with E-state index in [1.54, 1.807) is 0 Å². The molecule has 0 saturated carbocycles. The van der Waals surface area contributed by atoms with Crippen molar-refractivity contribution in [3.05, 3.63) is 35.9 Å². The van der Waals surface area contributed by atoms with Crippen molar-refractivity contribution in [1.29, 1.82) is 0 Å². The molecule has 1 aromatic carbocycles. The second-order valence-corrected chi connectivity index (χ2v) is 1.97. The third-order valence-electron chi connectivity index (χ3n) is 1.15.